The molecule has 1 saturated carbocycles. The van der Waals surface area contributed by atoms with Crippen LogP contribution in [0.1, 0.15) is 87.3 Å². The number of hydrogen-bond donors (Lipinski definition) is 1. The van der Waals surface area contributed by atoms with Crippen molar-refractivity contribution >= 4 is 23.1 Å². The number of imidazole rings is 1. The van der Waals surface area contributed by atoms with Crippen LogP contribution in [0.2, 0.25) is 0 Å². The molecule has 1 aliphatic rings. The number of nitrogens with one attached hydrogen (secondary N) is 1. The molecular weight excluding hydrogens is 428 g/mol. The van der Waals surface area contributed by atoms with E-state index < -0.39 is 0 Å². The first kappa shape index (κ1) is 25.0. The van der Waals surface area contributed by atoms with Crippen LogP contribution in [0.25, 0.3) is 11.2 Å². The van der Waals surface area contributed by atoms with Gasteiger partial charge in [-0.1, -0.05) is 102 Å². The highest BCUT2D eigenvalue weighted by Crippen LogP contribution is 2.29. The van der Waals surface area contributed by atoms with Crippen LogP contribution in [0.5, 0.6) is 0 Å². The fraction of sp³-hybridized carbons (Fsp3) is 0.419. The summed E-state index contributed by atoms with van der Waals surface area (Å²) in [5.41, 5.74) is 6.18. The number of pyridine rings is 1. The number of benzene rings is 1. The standard InChI is InChI=1S/C31H40N4/c1-3-32-23-27-16-12-13-17-29(27)25(2)28-22-30(31-34-20-21-35(31)24-28)33-19-18-26-14-10-8-6-4-5-7-9-11-15-26/h3,12-13,16-17,20-24,26,33H,1-2,4-11,14-15,18-19H2/b32-23-. The third-order valence-corrected chi connectivity index (χ3v) is 7.28. The highest BCUT2D eigenvalue weighted by molar-refractivity contribution is 5.93. The number of nitrogens with zero attached hydrogens (tertiary/aromatic N) is 3. The van der Waals surface area contributed by atoms with Gasteiger partial charge in [0.05, 0.1) is 5.69 Å². The molecule has 1 aromatic carbocycles. The van der Waals surface area contributed by atoms with Gasteiger partial charge in [0, 0.05) is 48.7 Å². The minimum absolute atomic E-state index is 0.825. The Morgan fingerprint density at radius 3 is 2.51 bits per heavy atom. The molecule has 0 saturated heterocycles. The van der Waals surface area contributed by atoms with Gasteiger partial charge < -0.3 is 9.72 Å². The van der Waals surface area contributed by atoms with Gasteiger partial charge in [-0.2, -0.15) is 0 Å². The summed E-state index contributed by atoms with van der Waals surface area (Å²) in [6, 6.07) is 10.4. The number of rotatable bonds is 8. The fourth-order valence-corrected chi connectivity index (χ4v) is 5.27. The summed E-state index contributed by atoms with van der Waals surface area (Å²) in [6.45, 7) is 9.12. The molecule has 0 spiro atoms. The Morgan fingerprint density at radius 2 is 1.77 bits per heavy atom. The molecule has 0 unspecified atom stereocenters. The zero-order valence-electron chi connectivity index (χ0n) is 21.1. The number of hydrogen-bond acceptors (Lipinski definition) is 3. The lowest BCUT2D eigenvalue weighted by molar-refractivity contribution is 0.397. The second kappa shape index (κ2) is 13.1. The van der Waals surface area contributed by atoms with E-state index in [1.807, 2.05) is 30.7 Å². The first-order chi connectivity index (χ1) is 17.3. The smallest absolute Gasteiger partial charge is 0.160 e. The number of anilines is 1. The molecule has 0 bridgehead atoms. The van der Waals surface area contributed by atoms with Crippen molar-refractivity contribution in [3.8, 4) is 0 Å². The van der Waals surface area contributed by atoms with Gasteiger partial charge >= 0.3 is 0 Å². The molecule has 4 heteroatoms. The van der Waals surface area contributed by atoms with Crippen molar-refractivity contribution < 1.29 is 0 Å². The number of fused-ring (bicyclic) bond motifs is 1. The van der Waals surface area contributed by atoms with Crippen LogP contribution in [0.4, 0.5) is 5.69 Å². The lowest BCUT2D eigenvalue weighted by Crippen LogP contribution is -2.11. The van der Waals surface area contributed by atoms with Crippen LogP contribution in [-0.4, -0.2) is 22.1 Å². The molecule has 2 heterocycles. The van der Waals surface area contributed by atoms with Crippen LogP contribution >= 0.6 is 0 Å². The number of aliphatic imine (C=N–C) groups is 1. The molecule has 35 heavy (non-hydrogen) atoms. The van der Waals surface area contributed by atoms with Crippen molar-refractivity contribution in [1.29, 1.82) is 0 Å². The fourth-order valence-electron chi connectivity index (χ4n) is 5.27. The molecule has 1 N–H and O–H groups in total. The third-order valence-electron chi connectivity index (χ3n) is 7.28. The SMILES string of the molecule is C=C/N=C\c1ccccc1C(=C)c1cc(NCCC2CCCCCCCCCC2)c2nccn2c1. The summed E-state index contributed by atoms with van der Waals surface area (Å²) in [6.07, 6.45) is 24.6. The lowest BCUT2D eigenvalue weighted by atomic mass is 9.92. The molecule has 0 radical (unpaired) electrons. The summed E-state index contributed by atoms with van der Waals surface area (Å²) in [5.74, 6) is 0.825. The van der Waals surface area contributed by atoms with Gasteiger partial charge in [-0.3, -0.25) is 4.99 Å². The van der Waals surface area contributed by atoms with E-state index in [4.69, 9.17) is 0 Å². The largest absolute Gasteiger partial charge is 0.382 e. The van der Waals surface area contributed by atoms with Crippen molar-refractivity contribution in [1.82, 2.24) is 9.38 Å². The quantitative estimate of drug-likeness (QED) is 0.338. The second-order valence-electron chi connectivity index (χ2n) is 9.81. The molecule has 1 fully saturated rings. The van der Waals surface area contributed by atoms with Gasteiger partial charge in [-0.25, -0.2) is 4.98 Å². The van der Waals surface area contributed by atoms with Gasteiger partial charge in [0.1, 0.15) is 0 Å². The van der Waals surface area contributed by atoms with Gasteiger partial charge in [-0.15, -0.1) is 0 Å². The normalized spacial score (nSPS) is 16.2. The Hall–Kier alpha value is -3.14. The Bertz CT molecular complexity index is 1130. The highest BCUT2D eigenvalue weighted by atomic mass is 15.0. The topological polar surface area (TPSA) is 41.7 Å². The molecule has 2 aromatic heterocycles. The second-order valence-corrected chi connectivity index (χ2v) is 9.81. The van der Waals surface area contributed by atoms with Crippen molar-refractivity contribution in [3.63, 3.8) is 0 Å². The molecule has 184 valence electrons. The van der Waals surface area contributed by atoms with Crippen molar-refractivity contribution in [3.05, 3.63) is 85.0 Å². The van der Waals surface area contributed by atoms with Crippen LogP contribution in [0, 0.1) is 5.92 Å². The average Bonchev–Trinajstić information content (AvgIpc) is 3.34. The Labute approximate surface area is 210 Å². The zero-order chi connectivity index (χ0) is 24.3. The first-order valence-corrected chi connectivity index (χ1v) is 13.4. The molecule has 3 aromatic rings. The van der Waals surface area contributed by atoms with Crippen LogP contribution < -0.4 is 5.32 Å². The van der Waals surface area contributed by atoms with E-state index in [2.05, 4.69) is 57.2 Å². The maximum atomic E-state index is 4.61. The maximum absolute atomic E-state index is 4.61. The summed E-state index contributed by atoms with van der Waals surface area (Å²) in [5, 5.41) is 3.73. The molecule has 1 aliphatic carbocycles. The Balaban J connectivity index is 1.48. The van der Waals surface area contributed by atoms with Crippen molar-refractivity contribution in [2.75, 3.05) is 11.9 Å². The monoisotopic (exact) mass is 468 g/mol. The van der Waals surface area contributed by atoms with Crippen molar-refractivity contribution in [2.24, 2.45) is 10.9 Å². The van der Waals surface area contributed by atoms with E-state index >= 15 is 0 Å². The summed E-state index contributed by atoms with van der Waals surface area (Å²) in [7, 11) is 0. The summed E-state index contributed by atoms with van der Waals surface area (Å²) in [4.78, 5) is 8.84. The van der Waals surface area contributed by atoms with Crippen LogP contribution in [0.3, 0.4) is 0 Å². The Morgan fingerprint density at radius 1 is 1.06 bits per heavy atom. The van der Waals surface area contributed by atoms with Gasteiger partial charge in [0.25, 0.3) is 0 Å². The van der Waals surface area contributed by atoms with Crippen LogP contribution in [0.15, 0.2) is 73.3 Å². The van der Waals surface area contributed by atoms with Gasteiger partial charge in [0.2, 0.25) is 0 Å². The minimum atomic E-state index is 0.825. The summed E-state index contributed by atoms with van der Waals surface area (Å²) < 4.78 is 2.09. The average molecular weight is 469 g/mol. The van der Waals surface area contributed by atoms with E-state index in [9.17, 15) is 0 Å². The van der Waals surface area contributed by atoms with E-state index in [-0.39, 0.29) is 0 Å². The zero-order valence-corrected chi connectivity index (χ0v) is 21.1. The van der Waals surface area contributed by atoms with E-state index in [0.717, 1.165) is 46.1 Å². The predicted octanol–water partition coefficient (Wildman–Crippen LogP) is 8.29. The van der Waals surface area contributed by atoms with Crippen molar-refractivity contribution in [2.45, 2.75) is 70.6 Å². The highest BCUT2D eigenvalue weighted by Gasteiger charge is 2.13. The Kier molecular flexibility index (Phi) is 9.33. The summed E-state index contributed by atoms with van der Waals surface area (Å²) >= 11 is 0. The molecule has 4 rings (SSSR count). The van der Waals surface area contributed by atoms with Gasteiger partial charge in [-0.05, 0) is 29.5 Å². The maximum Gasteiger partial charge on any atom is 0.160 e. The first-order valence-electron chi connectivity index (χ1n) is 13.4. The molecule has 4 nitrogen and oxygen atoms in total. The molecule has 0 atom stereocenters. The molecule has 0 aliphatic heterocycles. The third kappa shape index (κ3) is 6.94. The van der Waals surface area contributed by atoms with Crippen LogP contribution in [-0.2, 0) is 0 Å². The molecule has 0 amide bonds. The van der Waals surface area contributed by atoms with E-state index in [1.54, 1.807) is 6.20 Å². The minimum Gasteiger partial charge on any atom is -0.382 e. The van der Waals surface area contributed by atoms with E-state index in [0.29, 0.717) is 0 Å². The van der Waals surface area contributed by atoms with E-state index in [1.165, 1.54) is 70.6 Å². The lowest BCUT2D eigenvalue weighted by Gasteiger charge is -2.18. The van der Waals surface area contributed by atoms with Gasteiger partial charge in [0.15, 0.2) is 5.65 Å². The predicted molar refractivity (Wildman–Crippen MR) is 150 cm³/mol. The molecular formula is C31H40N4. The number of aromatic nitrogens is 2.